The Morgan fingerprint density at radius 1 is 0.964 bits per heavy atom. The van der Waals surface area contributed by atoms with E-state index >= 15 is 0 Å². The summed E-state index contributed by atoms with van der Waals surface area (Å²) in [5.41, 5.74) is -0.0408. The summed E-state index contributed by atoms with van der Waals surface area (Å²) in [4.78, 5) is 49.7. The molecule has 0 aliphatic carbocycles. The van der Waals surface area contributed by atoms with Crippen LogP contribution in [-0.2, 0) is 22.6 Å². The van der Waals surface area contributed by atoms with Gasteiger partial charge in [-0.2, -0.15) is 0 Å². The van der Waals surface area contributed by atoms with E-state index < -0.39 is 36.1 Å². The number of carbonyl (C=O) groups is 2. The summed E-state index contributed by atoms with van der Waals surface area (Å²) in [6, 6.07) is 15.7. The smallest absolute Gasteiger partial charge is 0.323 e. The number of aromatic amines is 1. The van der Waals surface area contributed by atoms with Crippen molar-refractivity contribution in [1.29, 1.82) is 0 Å². The number of amides is 1. The van der Waals surface area contributed by atoms with E-state index in [0.717, 1.165) is 15.1 Å². The van der Waals surface area contributed by atoms with Gasteiger partial charge in [0, 0.05) is 6.54 Å². The van der Waals surface area contributed by atoms with Crippen LogP contribution in [0.15, 0.2) is 64.2 Å². The van der Waals surface area contributed by atoms with Gasteiger partial charge in [0.1, 0.15) is 13.1 Å². The maximum atomic E-state index is 12.6. The lowest BCUT2D eigenvalue weighted by molar-refractivity contribution is -0.144. The molecule has 8 heteroatoms. The van der Waals surface area contributed by atoms with Gasteiger partial charge in [-0.3, -0.25) is 24.3 Å². The largest absolute Gasteiger partial charge is 0.480 e. The molecule has 144 valence electrons. The van der Waals surface area contributed by atoms with Gasteiger partial charge in [-0.25, -0.2) is 4.68 Å². The summed E-state index contributed by atoms with van der Waals surface area (Å²) < 4.78 is 0.921. The molecule has 0 radical (unpaired) electrons. The SMILES string of the molecule is O=C(O)CN(CCc1ccccc1)C(=O)Cn1[nH]c(=O)c2ccccc2c1=O. The average molecular weight is 381 g/mol. The van der Waals surface area contributed by atoms with Crippen LogP contribution in [0.25, 0.3) is 10.8 Å². The Balaban J connectivity index is 1.82. The van der Waals surface area contributed by atoms with E-state index in [-0.39, 0.29) is 17.3 Å². The summed E-state index contributed by atoms with van der Waals surface area (Å²) in [5, 5.41) is 11.9. The van der Waals surface area contributed by atoms with E-state index in [0.29, 0.717) is 6.42 Å². The standard InChI is InChI=1S/C20H19N3O5/c24-17(22(13-18(25)26)11-10-14-6-2-1-3-7-14)12-23-20(28)16-9-5-4-8-15(16)19(27)21-23/h1-9H,10-13H2,(H,21,27)(H,25,26). The molecule has 0 saturated carbocycles. The average Bonchev–Trinajstić information content (AvgIpc) is 2.69. The van der Waals surface area contributed by atoms with Crippen molar-refractivity contribution >= 4 is 22.6 Å². The molecule has 0 unspecified atom stereocenters. The van der Waals surface area contributed by atoms with Crippen LogP contribution in [0.3, 0.4) is 0 Å². The molecule has 2 N–H and O–H groups in total. The van der Waals surface area contributed by atoms with Crippen molar-refractivity contribution in [2.75, 3.05) is 13.1 Å². The second kappa shape index (κ2) is 8.34. The van der Waals surface area contributed by atoms with Crippen LogP contribution in [0.5, 0.6) is 0 Å². The predicted octanol–water partition coefficient (Wildman–Crippen LogP) is 0.846. The highest BCUT2D eigenvalue weighted by Crippen LogP contribution is 2.04. The summed E-state index contributed by atoms with van der Waals surface area (Å²) in [6.45, 7) is -0.749. The maximum absolute atomic E-state index is 12.6. The molecule has 0 atom stereocenters. The van der Waals surface area contributed by atoms with Gasteiger partial charge in [0.05, 0.1) is 10.8 Å². The van der Waals surface area contributed by atoms with Crippen LogP contribution in [0, 0.1) is 0 Å². The second-order valence-corrected chi connectivity index (χ2v) is 6.32. The Hall–Kier alpha value is -3.68. The van der Waals surface area contributed by atoms with Crippen LogP contribution in [0.2, 0.25) is 0 Å². The Morgan fingerprint density at radius 2 is 1.61 bits per heavy atom. The van der Waals surface area contributed by atoms with Gasteiger partial charge in [0.25, 0.3) is 11.1 Å². The number of nitrogens with one attached hydrogen (secondary N) is 1. The lowest BCUT2D eigenvalue weighted by Gasteiger charge is -2.21. The normalized spacial score (nSPS) is 10.7. The molecule has 0 aliphatic rings. The molecule has 28 heavy (non-hydrogen) atoms. The number of carbonyl (C=O) groups excluding carboxylic acids is 1. The number of carboxylic acid groups (broad SMARTS) is 1. The topological polar surface area (TPSA) is 112 Å². The van der Waals surface area contributed by atoms with Crippen LogP contribution in [0.1, 0.15) is 5.56 Å². The minimum Gasteiger partial charge on any atom is -0.480 e. The van der Waals surface area contributed by atoms with Crippen LogP contribution in [0.4, 0.5) is 0 Å². The Labute approximate surface area is 159 Å². The quantitative estimate of drug-likeness (QED) is 0.630. The highest BCUT2D eigenvalue weighted by atomic mass is 16.4. The minimum absolute atomic E-state index is 0.182. The molecule has 1 amide bonds. The Bertz CT molecular complexity index is 1120. The molecular formula is C20H19N3O5. The fourth-order valence-corrected chi connectivity index (χ4v) is 2.96. The number of hydrogen-bond acceptors (Lipinski definition) is 4. The lowest BCUT2D eigenvalue weighted by atomic mass is 10.1. The summed E-state index contributed by atoms with van der Waals surface area (Å²) in [6.07, 6.45) is 0.475. The molecule has 2 aromatic carbocycles. The van der Waals surface area contributed by atoms with Crippen molar-refractivity contribution in [1.82, 2.24) is 14.7 Å². The first-order chi connectivity index (χ1) is 13.5. The zero-order valence-electron chi connectivity index (χ0n) is 15.0. The minimum atomic E-state index is -1.15. The van der Waals surface area contributed by atoms with Gasteiger partial charge in [0.2, 0.25) is 5.91 Å². The van der Waals surface area contributed by atoms with E-state index in [9.17, 15) is 19.2 Å². The fraction of sp³-hybridized carbons (Fsp3) is 0.200. The number of nitrogens with zero attached hydrogens (tertiary/aromatic N) is 2. The van der Waals surface area contributed by atoms with Crippen molar-refractivity contribution in [3.8, 4) is 0 Å². The molecule has 0 spiro atoms. The zero-order valence-corrected chi connectivity index (χ0v) is 15.0. The number of aromatic nitrogens is 2. The molecule has 3 rings (SSSR count). The number of aliphatic carboxylic acids is 1. The first kappa shape index (κ1) is 19.1. The summed E-state index contributed by atoms with van der Waals surface area (Å²) in [5.74, 6) is -1.72. The van der Waals surface area contributed by atoms with Gasteiger partial charge < -0.3 is 10.0 Å². The predicted molar refractivity (Wildman–Crippen MR) is 103 cm³/mol. The van der Waals surface area contributed by atoms with Gasteiger partial charge in [0.15, 0.2) is 0 Å². The van der Waals surface area contributed by atoms with E-state index in [4.69, 9.17) is 5.11 Å². The van der Waals surface area contributed by atoms with Crippen LogP contribution in [-0.4, -0.2) is 44.8 Å². The van der Waals surface area contributed by atoms with Gasteiger partial charge in [-0.05, 0) is 24.1 Å². The van der Waals surface area contributed by atoms with Crippen LogP contribution < -0.4 is 11.1 Å². The van der Waals surface area contributed by atoms with Crippen molar-refractivity contribution < 1.29 is 14.7 Å². The number of benzene rings is 2. The lowest BCUT2D eigenvalue weighted by Crippen LogP contribution is -2.42. The van der Waals surface area contributed by atoms with E-state index in [1.54, 1.807) is 12.1 Å². The highest BCUT2D eigenvalue weighted by Gasteiger charge is 2.19. The molecule has 1 aromatic heterocycles. The van der Waals surface area contributed by atoms with Crippen molar-refractivity contribution in [3.63, 3.8) is 0 Å². The van der Waals surface area contributed by atoms with Crippen molar-refractivity contribution in [2.24, 2.45) is 0 Å². The number of carboxylic acids is 1. The van der Waals surface area contributed by atoms with Crippen molar-refractivity contribution in [2.45, 2.75) is 13.0 Å². The fourth-order valence-electron chi connectivity index (χ4n) is 2.96. The Morgan fingerprint density at radius 3 is 2.29 bits per heavy atom. The zero-order chi connectivity index (χ0) is 20.1. The van der Waals surface area contributed by atoms with E-state index in [1.807, 2.05) is 30.3 Å². The second-order valence-electron chi connectivity index (χ2n) is 6.32. The molecule has 0 fully saturated rings. The monoisotopic (exact) mass is 381 g/mol. The van der Waals surface area contributed by atoms with Gasteiger partial charge in [-0.1, -0.05) is 42.5 Å². The van der Waals surface area contributed by atoms with Gasteiger partial charge in [-0.15, -0.1) is 0 Å². The third-order valence-corrected chi connectivity index (χ3v) is 4.37. The number of hydrogen-bond donors (Lipinski definition) is 2. The van der Waals surface area contributed by atoms with E-state index in [2.05, 4.69) is 5.10 Å². The molecule has 1 heterocycles. The van der Waals surface area contributed by atoms with Gasteiger partial charge >= 0.3 is 5.97 Å². The summed E-state index contributed by atoms with van der Waals surface area (Å²) in [7, 11) is 0. The summed E-state index contributed by atoms with van der Waals surface area (Å²) >= 11 is 0. The first-order valence-electron chi connectivity index (χ1n) is 8.71. The van der Waals surface area contributed by atoms with Crippen LogP contribution >= 0.6 is 0 Å². The molecule has 8 nitrogen and oxygen atoms in total. The number of rotatable bonds is 7. The Kier molecular flexibility index (Phi) is 5.69. The highest BCUT2D eigenvalue weighted by molar-refractivity contribution is 5.82. The molecule has 0 bridgehead atoms. The maximum Gasteiger partial charge on any atom is 0.323 e. The third kappa shape index (κ3) is 4.35. The van der Waals surface area contributed by atoms with E-state index in [1.165, 1.54) is 12.1 Å². The number of fused-ring (bicyclic) bond motifs is 1. The van der Waals surface area contributed by atoms with Crippen molar-refractivity contribution in [3.05, 3.63) is 80.9 Å². The molecule has 3 aromatic rings. The molecule has 0 saturated heterocycles. The third-order valence-electron chi connectivity index (χ3n) is 4.37. The number of H-pyrrole nitrogens is 1. The molecular weight excluding hydrogens is 362 g/mol. The first-order valence-corrected chi connectivity index (χ1v) is 8.71. The molecule has 0 aliphatic heterocycles.